The maximum absolute atomic E-state index is 13.2. The van der Waals surface area contributed by atoms with E-state index < -0.39 is 35.2 Å². The highest BCUT2D eigenvalue weighted by atomic mass is 32.2. The summed E-state index contributed by atoms with van der Waals surface area (Å²) in [6.45, 7) is 2.83. The van der Waals surface area contributed by atoms with E-state index in [1.54, 1.807) is 0 Å². The third-order valence-corrected chi connectivity index (χ3v) is 13.5. The Balaban J connectivity index is 0.899. The Hall–Kier alpha value is -4.10. The second-order valence-corrected chi connectivity index (χ2v) is 17.4. The van der Waals surface area contributed by atoms with E-state index >= 15 is 0 Å². The average Bonchev–Trinajstić information content (AvgIpc) is 3.91. The average molecular weight is 887 g/mol. The number of carboxylic acid groups (broad SMARTS) is 1. The third-order valence-electron chi connectivity index (χ3n) is 9.00. The summed E-state index contributed by atoms with van der Waals surface area (Å²) < 4.78 is 16.0. The molecule has 4 aliphatic rings. The summed E-state index contributed by atoms with van der Waals surface area (Å²) in [6.07, 6.45) is 3.15. The molecule has 4 unspecified atom stereocenters. The number of oxime groups is 1. The van der Waals surface area contributed by atoms with Crippen molar-refractivity contribution in [3.63, 3.8) is 0 Å². The molecule has 0 spiro atoms. The molecule has 0 aromatic carbocycles. The minimum Gasteiger partial charge on any atom is -0.477 e. The molecule has 3 saturated heterocycles. The molecule has 5 rings (SSSR count). The van der Waals surface area contributed by atoms with Crippen molar-refractivity contribution in [3.8, 4) is 0 Å². The number of fused-ring (bicyclic) bond motifs is 2. The van der Waals surface area contributed by atoms with Crippen LogP contribution in [0, 0.1) is 0 Å². The number of amides is 6. The summed E-state index contributed by atoms with van der Waals surface area (Å²) in [5.74, 6) is -1.96. The molecule has 0 aliphatic carbocycles. The maximum Gasteiger partial charge on any atom is 0.352 e. The minimum atomic E-state index is -1.36. The SMILES string of the molecule is CO/N=C(\C(=O)N[C@@H]1C(=O)N2C(C(=O)O)=C(COC(C)=O)CSC12)c1csc(NC(=O)CSCCOCCOCCNC(=O)CCCCC2SCC3NC(=O)NC32)n1. The van der Waals surface area contributed by atoms with E-state index in [2.05, 4.69) is 36.7 Å². The number of aromatic nitrogens is 1. The van der Waals surface area contributed by atoms with E-state index in [1.807, 2.05) is 11.8 Å². The van der Waals surface area contributed by atoms with Gasteiger partial charge in [-0.15, -0.1) is 34.9 Å². The molecular formula is C34H46N8O12S4. The van der Waals surface area contributed by atoms with Crippen LogP contribution >= 0.6 is 46.6 Å². The molecule has 1 aromatic heterocycles. The number of hydrogen-bond acceptors (Lipinski definition) is 17. The number of unbranched alkanes of at least 4 members (excludes halogenated alkanes) is 1. The van der Waals surface area contributed by atoms with Gasteiger partial charge in [0, 0.05) is 53.4 Å². The van der Waals surface area contributed by atoms with Crippen LogP contribution in [0.15, 0.2) is 21.8 Å². The molecule has 58 heavy (non-hydrogen) atoms. The van der Waals surface area contributed by atoms with E-state index in [9.17, 15) is 38.7 Å². The molecule has 6 N–H and O–H groups in total. The molecule has 5 atom stereocenters. The lowest BCUT2D eigenvalue weighted by Gasteiger charge is -2.49. The van der Waals surface area contributed by atoms with Gasteiger partial charge >= 0.3 is 18.0 Å². The maximum atomic E-state index is 13.2. The second-order valence-electron chi connectivity index (χ2n) is 13.1. The van der Waals surface area contributed by atoms with Gasteiger partial charge in [0.25, 0.3) is 11.8 Å². The molecule has 4 aliphatic heterocycles. The van der Waals surface area contributed by atoms with Gasteiger partial charge in [0.2, 0.25) is 11.8 Å². The first-order chi connectivity index (χ1) is 28.0. The smallest absolute Gasteiger partial charge is 0.352 e. The van der Waals surface area contributed by atoms with E-state index in [-0.39, 0.29) is 75.8 Å². The Labute approximate surface area is 350 Å². The summed E-state index contributed by atoms with van der Waals surface area (Å²) in [6, 6.07) is -0.755. The minimum absolute atomic E-state index is 0.0109. The van der Waals surface area contributed by atoms with Crippen LogP contribution in [0.25, 0.3) is 0 Å². The van der Waals surface area contributed by atoms with Crippen molar-refractivity contribution < 1.29 is 57.7 Å². The van der Waals surface area contributed by atoms with Crippen LogP contribution in [0.5, 0.6) is 0 Å². The van der Waals surface area contributed by atoms with E-state index in [1.165, 1.54) is 42.9 Å². The number of carbonyl (C=O) groups excluding carboxylic acids is 6. The van der Waals surface area contributed by atoms with Crippen LogP contribution in [-0.4, -0.2) is 161 Å². The number of esters is 1. The van der Waals surface area contributed by atoms with Gasteiger partial charge in [-0.05, 0) is 12.8 Å². The van der Waals surface area contributed by atoms with Crippen LogP contribution in [0.3, 0.4) is 0 Å². The van der Waals surface area contributed by atoms with Crippen molar-refractivity contribution in [1.82, 2.24) is 31.2 Å². The van der Waals surface area contributed by atoms with Crippen molar-refractivity contribution >= 4 is 99.1 Å². The van der Waals surface area contributed by atoms with Gasteiger partial charge in [0.1, 0.15) is 36.5 Å². The standard InChI is InChI=1S/C34H46N8O12S4/c1-18(43)54-13-19-14-57-31-27(30(47)42(31)28(19)32(48)49)39-29(46)26(41-51-2)21-16-58-34(37-21)38-24(45)17-55-12-11-53-10-9-52-8-7-35-23(44)6-4-3-5-22-25-20(15-56-22)36-33(50)40-25/h16,20,22,25,27,31H,3-15,17H2,1-2H3,(H,35,44)(H,39,46)(H,48,49)(H2,36,40,50)(H,37,38,45)/b41-26-/t20?,22?,25?,27-,31?/m1/s1. The lowest BCUT2D eigenvalue weighted by molar-refractivity contribution is -0.150. The Bertz CT molecular complexity index is 1760. The predicted octanol–water partition coefficient (Wildman–Crippen LogP) is 0.342. The van der Waals surface area contributed by atoms with Gasteiger partial charge < -0.3 is 50.7 Å². The Morgan fingerprint density at radius 1 is 1.07 bits per heavy atom. The lowest BCUT2D eigenvalue weighted by Crippen LogP contribution is -2.71. The van der Waals surface area contributed by atoms with Crippen molar-refractivity contribution in [2.24, 2.45) is 5.16 Å². The molecule has 318 valence electrons. The molecule has 1 aromatic rings. The highest BCUT2D eigenvalue weighted by molar-refractivity contribution is 8.00. The second kappa shape index (κ2) is 22.3. The number of urea groups is 1. The van der Waals surface area contributed by atoms with Crippen LogP contribution in [0.2, 0.25) is 0 Å². The fraction of sp³-hybridized carbons (Fsp3) is 0.618. The molecule has 3 fully saturated rings. The number of ether oxygens (including phenoxy) is 3. The zero-order valence-electron chi connectivity index (χ0n) is 31.8. The highest BCUT2D eigenvalue weighted by Gasteiger charge is 2.54. The van der Waals surface area contributed by atoms with E-state index in [0.717, 1.165) is 41.3 Å². The van der Waals surface area contributed by atoms with Crippen molar-refractivity contribution in [2.45, 2.75) is 61.4 Å². The van der Waals surface area contributed by atoms with Crippen LogP contribution in [0.1, 0.15) is 38.3 Å². The number of nitrogens with zero attached hydrogens (tertiary/aromatic N) is 3. The van der Waals surface area contributed by atoms with Crippen LogP contribution in [0.4, 0.5) is 9.93 Å². The lowest BCUT2D eigenvalue weighted by atomic mass is 10.0. The Kier molecular flexibility index (Phi) is 17.3. The number of hydrogen-bond donors (Lipinski definition) is 6. The van der Waals surface area contributed by atoms with Gasteiger partial charge in [0.15, 0.2) is 10.8 Å². The normalized spacial score (nSPS) is 22.3. The third kappa shape index (κ3) is 12.5. The highest BCUT2D eigenvalue weighted by Crippen LogP contribution is 2.40. The zero-order valence-corrected chi connectivity index (χ0v) is 35.0. The molecule has 20 nitrogen and oxygen atoms in total. The molecule has 0 bridgehead atoms. The number of thioether (sulfide) groups is 3. The number of rotatable bonds is 24. The first kappa shape index (κ1) is 45.0. The van der Waals surface area contributed by atoms with Gasteiger partial charge in [-0.25, -0.2) is 14.6 Å². The monoisotopic (exact) mass is 886 g/mol. The molecule has 24 heteroatoms. The topological polar surface area (TPSA) is 265 Å². The summed E-state index contributed by atoms with van der Waals surface area (Å²) in [7, 11) is 1.23. The number of anilines is 1. The van der Waals surface area contributed by atoms with Gasteiger partial charge in [0.05, 0.1) is 44.3 Å². The number of carbonyl (C=O) groups is 7. The number of aliphatic carboxylic acids is 1. The van der Waals surface area contributed by atoms with E-state index in [0.29, 0.717) is 50.4 Å². The van der Waals surface area contributed by atoms with E-state index in [4.69, 9.17) is 19.0 Å². The Morgan fingerprint density at radius 2 is 1.86 bits per heavy atom. The number of thiazole rings is 1. The number of carboxylic acids is 1. The Morgan fingerprint density at radius 3 is 2.62 bits per heavy atom. The largest absolute Gasteiger partial charge is 0.477 e. The predicted molar refractivity (Wildman–Crippen MR) is 217 cm³/mol. The van der Waals surface area contributed by atoms with Crippen LogP contribution in [-0.2, 0) is 47.8 Å². The fourth-order valence-electron chi connectivity index (χ4n) is 6.31. The fourth-order valence-corrected chi connectivity index (χ4v) is 10.5. The summed E-state index contributed by atoms with van der Waals surface area (Å²) in [5, 5.41) is 28.9. The zero-order chi connectivity index (χ0) is 41.6. The first-order valence-corrected chi connectivity index (χ1v) is 22.5. The summed E-state index contributed by atoms with van der Waals surface area (Å²) >= 11 is 5.50. The molecule has 0 saturated carbocycles. The number of β-lactam (4-membered cyclic amide) rings is 1. The molecular weight excluding hydrogens is 841 g/mol. The molecule has 5 heterocycles. The van der Waals surface area contributed by atoms with Gasteiger partial charge in [-0.3, -0.25) is 28.9 Å². The van der Waals surface area contributed by atoms with Gasteiger partial charge in [-0.2, -0.15) is 11.8 Å². The first-order valence-electron chi connectivity index (χ1n) is 18.4. The van der Waals surface area contributed by atoms with Gasteiger partial charge in [-0.1, -0.05) is 11.6 Å². The van der Waals surface area contributed by atoms with Crippen molar-refractivity contribution in [2.75, 3.05) is 75.0 Å². The quantitative estimate of drug-likeness (QED) is 0.0204. The van der Waals surface area contributed by atoms with Crippen molar-refractivity contribution in [1.29, 1.82) is 0 Å². The summed E-state index contributed by atoms with van der Waals surface area (Å²) in [4.78, 5) is 95.7. The number of nitrogens with one attached hydrogen (secondary N) is 5. The van der Waals surface area contributed by atoms with Crippen LogP contribution < -0.4 is 26.6 Å². The molecule has 0 radical (unpaired) electrons. The molecule has 6 amide bonds. The van der Waals surface area contributed by atoms with Crippen molar-refractivity contribution in [3.05, 3.63) is 22.3 Å². The summed E-state index contributed by atoms with van der Waals surface area (Å²) in [5.41, 5.74) is -0.186.